The molecular formula is C25H19Cl2N3O4. The van der Waals surface area contributed by atoms with Crippen molar-refractivity contribution in [3.63, 3.8) is 0 Å². The number of nitrogens with one attached hydrogen (secondary N) is 1. The summed E-state index contributed by atoms with van der Waals surface area (Å²) in [5.41, 5.74) is 4.05. The van der Waals surface area contributed by atoms with Crippen molar-refractivity contribution in [2.75, 3.05) is 11.9 Å². The summed E-state index contributed by atoms with van der Waals surface area (Å²) in [7, 11) is 0. The van der Waals surface area contributed by atoms with E-state index >= 15 is 0 Å². The van der Waals surface area contributed by atoms with Crippen molar-refractivity contribution in [2.24, 2.45) is 0 Å². The largest absolute Gasteiger partial charge is 0.481 e. The molecule has 0 fully saturated rings. The number of nitrogens with zero attached hydrogens (tertiary/aromatic N) is 2. The van der Waals surface area contributed by atoms with Crippen molar-refractivity contribution in [3.8, 4) is 11.8 Å². The molecular weight excluding hydrogens is 477 g/mol. The monoisotopic (exact) mass is 495 g/mol. The SMILES string of the molecule is Cc1ccc(NC(=O)COc2c(Cl)cc(/C=C(\C#N)c3ccc([N+](=O)[O-])cc3)cc2Cl)cc1C. The Morgan fingerprint density at radius 2 is 1.74 bits per heavy atom. The Labute approximate surface area is 206 Å². The van der Waals surface area contributed by atoms with Gasteiger partial charge in [0.2, 0.25) is 0 Å². The van der Waals surface area contributed by atoms with Crippen molar-refractivity contribution in [1.82, 2.24) is 0 Å². The van der Waals surface area contributed by atoms with Crippen molar-refractivity contribution in [1.29, 1.82) is 5.26 Å². The Kier molecular flexibility index (Phi) is 7.90. The van der Waals surface area contributed by atoms with Crippen LogP contribution in [0.1, 0.15) is 22.3 Å². The van der Waals surface area contributed by atoms with E-state index in [0.717, 1.165) is 11.1 Å². The summed E-state index contributed by atoms with van der Waals surface area (Å²) in [6.07, 6.45) is 1.55. The maximum absolute atomic E-state index is 12.3. The van der Waals surface area contributed by atoms with Crippen molar-refractivity contribution < 1.29 is 14.5 Å². The molecule has 0 radical (unpaired) electrons. The number of aryl methyl sites for hydroxylation is 2. The number of hydrogen-bond donors (Lipinski definition) is 1. The first-order valence-electron chi connectivity index (χ1n) is 10.0. The number of amides is 1. The van der Waals surface area contributed by atoms with Crippen LogP contribution < -0.4 is 10.1 Å². The number of benzene rings is 3. The van der Waals surface area contributed by atoms with Gasteiger partial charge in [-0.1, -0.05) is 29.3 Å². The van der Waals surface area contributed by atoms with E-state index in [1.165, 1.54) is 24.3 Å². The van der Waals surface area contributed by atoms with Crippen LogP contribution in [0.2, 0.25) is 10.0 Å². The average molecular weight is 496 g/mol. The standard InChI is InChI=1S/C25H19Cl2N3O4/c1-15-3-6-20(9-16(15)2)29-24(31)14-34-25-22(26)11-17(12-23(25)27)10-19(13-28)18-4-7-21(8-5-18)30(32)33/h3-12H,14H2,1-2H3,(H,29,31)/b19-10+. The molecule has 0 heterocycles. The fourth-order valence-electron chi connectivity index (χ4n) is 3.06. The van der Waals surface area contributed by atoms with E-state index in [1.54, 1.807) is 24.3 Å². The molecule has 0 bridgehead atoms. The number of anilines is 1. The first kappa shape index (κ1) is 24.8. The zero-order valence-electron chi connectivity index (χ0n) is 18.3. The highest BCUT2D eigenvalue weighted by Gasteiger charge is 2.13. The summed E-state index contributed by atoms with van der Waals surface area (Å²) in [5.74, 6) is -0.228. The van der Waals surface area contributed by atoms with Crippen molar-refractivity contribution in [3.05, 3.63) is 97.0 Å². The minimum absolute atomic E-state index is 0.0739. The van der Waals surface area contributed by atoms with Crippen LogP contribution >= 0.6 is 23.2 Å². The van der Waals surface area contributed by atoms with E-state index in [-0.39, 0.29) is 39.6 Å². The van der Waals surface area contributed by atoms with Gasteiger partial charge in [-0.15, -0.1) is 0 Å². The number of nitriles is 1. The third kappa shape index (κ3) is 6.13. The molecule has 1 amide bonds. The summed E-state index contributed by atoms with van der Waals surface area (Å²) in [6.45, 7) is 3.64. The lowest BCUT2D eigenvalue weighted by molar-refractivity contribution is -0.384. The molecule has 0 saturated carbocycles. The maximum atomic E-state index is 12.3. The van der Waals surface area contributed by atoms with Crippen LogP contribution in [-0.4, -0.2) is 17.4 Å². The van der Waals surface area contributed by atoms with Gasteiger partial charge in [0.25, 0.3) is 11.6 Å². The van der Waals surface area contributed by atoms with Gasteiger partial charge in [0.15, 0.2) is 12.4 Å². The Morgan fingerprint density at radius 1 is 1.09 bits per heavy atom. The molecule has 3 aromatic rings. The summed E-state index contributed by atoms with van der Waals surface area (Å²) in [4.78, 5) is 22.6. The second kappa shape index (κ2) is 10.8. The van der Waals surface area contributed by atoms with Gasteiger partial charge in [0, 0.05) is 17.8 Å². The molecule has 3 aromatic carbocycles. The molecule has 0 aliphatic heterocycles. The molecule has 34 heavy (non-hydrogen) atoms. The summed E-state index contributed by atoms with van der Waals surface area (Å²) >= 11 is 12.6. The van der Waals surface area contributed by atoms with E-state index in [9.17, 15) is 20.2 Å². The number of carbonyl (C=O) groups excluding carboxylic acids is 1. The second-order valence-electron chi connectivity index (χ2n) is 7.42. The lowest BCUT2D eigenvalue weighted by atomic mass is 10.0. The Bertz CT molecular complexity index is 1310. The molecule has 0 spiro atoms. The molecule has 0 aliphatic rings. The molecule has 0 unspecified atom stereocenters. The molecule has 172 valence electrons. The third-order valence-electron chi connectivity index (χ3n) is 4.98. The number of ether oxygens (including phenoxy) is 1. The van der Waals surface area contributed by atoms with Crippen LogP contribution in [0.5, 0.6) is 5.75 Å². The zero-order valence-corrected chi connectivity index (χ0v) is 19.8. The van der Waals surface area contributed by atoms with Gasteiger partial charge in [0.05, 0.1) is 26.6 Å². The molecule has 9 heteroatoms. The summed E-state index contributed by atoms with van der Waals surface area (Å²) < 4.78 is 5.54. The van der Waals surface area contributed by atoms with Gasteiger partial charge in [-0.25, -0.2) is 0 Å². The van der Waals surface area contributed by atoms with E-state index < -0.39 is 4.92 Å². The maximum Gasteiger partial charge on any atom is 0.269 e. The van der Waals surface area contributed by atoms with Crippen LogP contribution in [0, 0.1) is 35.3 Å². The quantitative estimate of drug-likeness (QED) is 0.172. The van der Waals surface area contributed by atoms with Gasteiger partial charge in [0.1, 0.15) is 0 Å². The summed E-state index contributed by atoms with van der Waals surface area (Å²) in [5, 5.41) is 23.4. The highest BCUT2D eigenvalue weighted by Crippen LogP contribution is 2.35. The van der Waals surface area contributed by atoms with Gasteiger partial charge < -0.3 is 10.1 Å². The molecule has 0 aromatic heterocycles. The number of carbonyl (C=O) groups is 1. The average Bonchev–Trinajstić information content (AvgIpc) is 2.79. The van der Waals surface area contributed by atoms with Gasteiger partial charge >= 0.3 is 0 Å². The molecule has 3 rings (SSSR count). The normalized spacial score (nSPS) is 11.0. The fraction of sp³-hybridized carbons (Fsp3) is 0.120. The number of allylic oxidation sites excluding steroid dienone is 1. The smallest absolute Gasteiger partial charge is 0.269 e. The van der Waals surface area contributed by atoms with Gasteiger partial charge in [-0.3, -0.25) is 14.9 Å². The molecule has 0 aliphatic carbocycles. The lowest BCUT2D eigenvalue weighted by Gasteiger charge is -2.12. The van der Waals surface area contributed by atoms with Crippen molar-refractivity contribution in [2.45, 2.75) is 13.8 Å². The highest BCUT2D eigenvalue weighted by molar-refractivity contribution is 6.37. The first-order valence-corrected chi connectivity index (χ1v) is 10.8. The minimum Gasteiger partial charge on any atom is -0.481 e. The van der Waals surface area contributed by atoms with Crippen LogP contribution in [0.25, 0.3) is 11.6 Å². The number of non-ortho nitro benzene ring substituents is 1. The van der Waals surface area contributed by atoms with Crippen LogP contribution in [0.4, 0.5) is 11.4 Å². The summed E-state index contributed by atoms with van der Waals surface area (Å²) in [6, 6.07) is 16.4. The Hall–Kier alpha value is -3.86. The molecule has 0 saturated heterocycles. The predicted molar refractivity (Wildman–Crippen MR) is 133 cm³/mol. The number of nitro groups is 1. The Balaban J connectivity index is 1.73. The van der Waals surface area contributed by atoms with E-state index in [1.807, 2.05) is 26.0 Å². The topological polar surface area (TPSA) is 105 Å². The highest BCUT2D eigenvalue weighted by atomic mass is 35.5. The number of hydrogen-bond acceptors (Lipinski definition) is 5. The lowest BCUT2D eigenvalue weighted by Crippen LogP contribution is -2.20. The Morgan fingerprint density at radius 3 is 2.29 bits per heavy atom. The second-order valence-corrected chi connectivity index (χ2v) is 8.24. The zero-order chi connectivity index (χ0) is 24.8. The first-order chi connectivity index (χ1) is 16.2. The van der Waals surface area contributed by atoms with Crippen LogP contribution in [0.15, 0.2) is 54.6 Å². The van der Waals surface area contributed by atoms with Crippen LogP contribution in [0.3, 0.4) is 0 Å². The van der Waals surface area contributed by atoms with Gasteiger partial charge in [-0.05, 0) is 78.6 Å². The van der Waals surface area contributed by atoms with E-state index in [4.69, 9.17) is 27.9 Å². The predicted octanol–water partition coefficient (Wildman–Crippen LogP) is 6.60. The van der Waals surface area contributed by atoms with Crippen molar-refractivity contribution >= 4 is 52.1 Å². The van der Waals surface area contributed by atoms with E-state index in [2.05, 4.69) is 11.4 Å². The molecule has 1 N–H and O–H groups in total. The number of nitro benzene ring substituents is 1. The third-order valence-corrected chi connectivity index (χ3v) is 5.54. The minimum atomic E-state index is -0.514. The molecule has 0 atom stereocenters. The number of halogens is 2. The van der Waals surface area contributed by atoms with Gasteiger partial charge in [-0.2, -0.15) is 5.26 Å². The fourth-order valence-corrected chi connectivity index (χ4v) is 3.68. The number of rotatable bonds is 7. The van der Waals surface area contributed by atoms with E-state index in [0.29, 0.717) is 16.8 Å². The van der Waals surface area contributed by atoms with Crippen LogP contribution in [-0.2, 0) is 4.79 Å². The molecule has 7 nitrogen and oxygen atoms in total.